The lowest BCUT2D eigenvalue weighted by atomic mass is 9.85. The zero-order valence-corrected chi connectivity index (χ0v) is 7.92. The average Bonchev–Trinajstić information content (AvgIpc) is 1.88. The Morgan fingerprint density at radius 3 is 2.40 bits per heavy atom. The molecule has 0 radical (unpaired) electrons. The van der Waals surface area contributed by atoms with Crippen molar-refractivity contribution in [3.63, 3.8) is 0 Å². The highest BCUT2D eigenvalue weighted by Gasteiger charge is 2.25. The van der Waals surface area contributed by atoms with E-state index in [2.05, 4.69) is 26.1 Å². The van der Waals surface area contributed by atoms with E-state index in [1.165, 1.54) is 12.2 Å². The Labute approximate surface area is 68.0 Å². The molecule has 0 aromatic carbocycles. The molecule has 1 aliphatic heterocycles. The van der Waals surface area contributed by atoms with E-state index in [0.717, 1.165) is 11.9 Å². The SMILES string of the molecule is CC(C)(C)C1CCSCN1. The molecule has 0 amide bonds. The second kappa shape index (κ2) is 3.14. The fourth-order valence-electron chi connectivity index (χ4n) is 1.27. The Bertz CT molecular complexity index is 100. The summed E-state index contributed by atoms with van der Waals surface area (Å²) in [6.45, 7) is 6.92. The first-order valence-corrected chi connectivity index (χ1v) is 5.07. The number of thioether (sulfide) groups is 1. The van der Waals surface area contributed by atoms with Crippen LogP contribution in [-0.4, -0.2) is 17.7 Å². The third-order valence-corrected chi connectivity index (χ3v) is 2.92. The second-order valence-electron chi connectivity index (χ2n) is 3.96. The van der Waals surface area contributed by atoms with Crippen molar-refractivity contribution >= 4 is 11.8 Å². The van der Waals surface area contributed by atoms with Crippen LogP contribution < -0.4 is 5.32 Å². The van der Waals surface area contributed by atoms with E-state index in [-0.39, 0.29) is 0 Å². The van der Waals surface area contributed by atoms with Gasteiger partial charge in [0.2, 0.25) is 0 Å². The van der Waals surface area contributed by atoms with E-state index in [1.54, 1.807) is 0 Å². The van der Waals surface area contributed by atoms with Crippen LogP contribution in [0.2, 0.25) is 0 Å². The summed E-state index contributed by atoms with van der Waals surface area (Å²) in [4.78, 5) is 0. The minimum absolute atomic E-state index is 0.445. The molecule has 1 heterocycles. The zero-order chi connectivity index (χ0) is 7.61. The Kier molecular flexibility index (Phi) is 2.64. The number of rotatable bonds is 0. The van der Waals surface area contributed by atoms with Crippen LogP contribution in [0.3, 0.4) is 0 Å². The molecule has 0 aliphatic carbocycles. The molecule has 1 atom stereocenters. The highest BCUT2D eigenvalue weighted by molar-refractivity contribution is 7.99. The van der Waals surface area contributed by atoms with Gasteiger partial charge in [0.25, 0.3) is 0 Å². The molecule has 1 aliphatic rings. The minimum Gasteiger partial charge on any atom is -0.305 e. The summed E-state index contributed by atoms with van der Waals surface area (Å²) in [6.07, 6.45) is 1.33. The average molecular weight is 159 g/mol. The number of nitrogens with one attached hydrogen (secondary N) is 1. The summed E-state index contributed by atoms with van der Waals surface area (Å²) in [5.74, 6) is 2.47. The molecule has 1 N–H and O–H groups in total. The van der Waals surface area contributed by atoms with Crippen LogP contribution in [0.25, 0.3) is 0 Å². The van der Waals surface area contributed by atoms with Crippen LogP contribution >= 0.6 is 11.8 Å². The predicted octanol–water partition coefficient (Wildman–Crippen LogP) is 2.09. The van der Waals surface area contributed by atoms with E-state index in [0.29, 0.717) is 5.41 Å². The highest BCUT2D eigenvalue weighted by atomic mass is 32.2. The van der Waals surface area contributed by atoms with Crippen LogP contribution in [0.5, 0.6) is 0 Å². The molecule has 1 saturated heterocycles. The fourth-order valence-corrected chi connectivity index (χ4v) is 2.14. The molecule has 0 bridgehead atoms. The van der Waals surface area contributed by atoms with Crippen molar-refractivity contribution in [1.82, 2.24) is 5.32 Å². The Hall–Kier alpha value is 0.310. The number of hydrogen-bond acceptors (Lipinski definition) is 2. The largest absolute Gasteiger partial charge is 0.305 e. The smallest absolute Gasteiger partial charge is 0.0420 e. The summed E-state index contributed by atoms with van der Waals surface area (Å²) < 4.78 is 0. The van der Waals surface area contributed by atoms with Gasteiger partial charge < -0.3 is 5.32 Å². The van der Waals surface area contributed by atoms with Gasteiger partial charge in [0.05, 0.1) is 0 Å². The molecule has 1 fully saturated rings. The van der Waals surface area contributed by atoms with Crippen LogP contribution in [0.15, 0.2) is 0 Å². The summed E-state index contributed by atoms with van der Waals surface area (Å²) in [6, 6.07) is 0.730. The quantitative estimate of drug-likeness (QED) is 0.581. The maximum atomic E-state index is 3.52. The van der Waals surface area contributed by atoms with Gasteiger partial charge >= 0.3 is 0 Å². The molecule has 10 heavy (non-hydrogen) atoms. The summed E-state index contributed by atoms with van der Waals surface area (Å²) >= 11 is 2.00. The van der Waals surface area contributed by atoms with Crippen LogP contribution in [0.1, 0.15) is 27.2 Å². The molecule has 1 nitrogen and oxygen atoms in total. The van der Waals surface area contributed by atoms with Gasteiger partial charge in [-0.1, -0.05) is 20.8 Å². The third-order valence-electron chi connectivity index (χ3n) is 2.03. The molecule has 0 aromatic heterocycles. The molecule has 0 saturated carbocycles. The Balaban J connectivity index is 2.39. The van der Waals surface area contributed by atoms with Crippen LogP contribution in [0.4, 0.5) is 0 Å². The van der Waals surface area contributed by atoms with Crippen molar-refractivity contribution in [2.45, 2.75) is 33.2 Å². The normalized spacial score (nSPS) is 28.5. The van der Waals surface area contributed by atoms with Gasteiger partial charge in [-0.2, -0.15) is 0 Å². The Morgan fingerprint density at radius 1 is 1.40 bits per heavy atom. The molecular weight excluding hydrogens is 142 g/mol. The fraction of sp³-hybridized carbons (Fsp3) is 1.00. The molecular formula is C8H17NS. The first-order valence-electron chi connectivity index (χ1n) is 3.92. The molecule has 0 spiro atoms. The van der Waals surface area contributed by atoms with Crippen molar-refractivity contribution in [3.05, 3.63) is 0 Å². The van der Waals surface area contributed by atoms with Gasteiger partial charge in [-0.15, -0.1) is 11.8 Å². The first-order chi connectivity index (χ1) is 4.61. The summed E-state index contributed by atoms with van der Waals surface area (Å²) in [7, 11) is 0. The second-order valence-corrected chi connectivity index (χ2v) is 5.07. The van der Waals surface area contributed by atoms with Crippen molar-refractivity contribution < 1.29 is 0 Å². The van der Waals surface area contributed by atoms with Crippen molar-refractivity contribution in [3.8, 4) is 0 Å². The third kappa shape index (κ3) is 2.17. The van der Waals surface area contributed by atoms with Crippen molar-refractivity contribution in [2.24, 2.45) is 5.41 Å². The standard InChI is InChI=1S/C8H17NS/c1-8(2,3)7-4-5-10-6-9-7/h7,9H,4-6H2,1-3H3. The van der Waals surface area contributed by atoms with Gasteiger partial charge in [-0.05, 0) is 17.6 Å². The lowest BCUT2D eigenvalue weighted by Gasteiger charge is -2.34. The molecule has 0 aromatic rings. The maximum Gasteiger partial charge on any atom is 0.0420 e. The molecule has 1 rings (SSSR count). The van der Waals surface area contributed by atoms with Gasteiger partial charge in [0, 0.05) is 11.9 Å². The van der Waals surface area contributed by atoms with Crippen molar-refractivity contribution in [1.29, 1.82) is 0 Å². The van der Waals surface area contributed by atoms with Gasteiger partial charge in [-0.25, -0.2) is 0 Å². The van der Waals surface area contributed by atoms with Gasteiger partial charge in [-0.3, -0.25) is 0 Å². The monoisotopic (exact) mass is 159 g/mol. The minimum atomic E-state index is 0.445. The molecule has 60 valence electrons. The first kappa shape index (κ1) is 8.41. The number of hydrogen-bond donors (Lipinski definition) is 1. The predicted molar refractivity (Wildman–Crippen MR) is 48.3 cm³/mol. The topological polar surface area (TPSA) is 12.0 Å². The lowest BCUT2D eigenvalue weighted by molar-refractivity contribution is 0.269. The van der Waals surface area contributed by atoms with Crippen LogP contribution in [0, 0.1) is 5.41 Å². The lowest BCUT2D eigenvalue weighted by Crippen LogP contribution is -2.43. The molecule has 1 unspecified atom stereocenters. The van der Waals surface area contributed by atoms with E-state index in [9.17, 15) is 0 Å². The maximum absolute atomic E-state index is 3.52. The van der Waals surface area contributed by atoms with E-state index in [1.807, 2.05) is 11.8 Å². The molecule has 2 heteroatoms. The van der Waals surface area contributed by atoms with E-state index >= 15 is 0 Å². The van der Waals surface area contributed by atoms with E-state index in [4.69, 9.17) is 0 Å². The summed E-state index contributed by atoms with van der Waals surface area (Å²) in [5, 5.41) is 3.52. The highest BCUT2D eigenvalue weighted by Crippen LogP contribution is 2.25. The van der Waals surface area contributed by atoms with Crippen molar-refractivity contribution in [2.75, 3.05) is 11.6 Å². The van der Waals surface area contributed by atoms with Gasteiger partial charge in [0.1, 0.15) is 0 Å². The van der Waals surface area contributed by atoms with Crippen LogP contribution in [-0.2, 0) is 0 Å². The van der Waals surface area contributed by atoms with E-state index < -0.39 is 0 Å². The zero-order valence-electron chi connectivity index (χ0n) is 7.11. The Morgan fingerprint density at radius 2 is 2.10 bits per heavy atom. The summed E-state index contributed by atoms with van der Waals surface area (Å²) in [5.41, 5.74) is 0.445. The van der Waals surface area contributed by atoms with Gasteiger partial charge in [0.15, 0.2) is 0 Å².